The van der Waals surface area contributed by atoms with Crippen LogP contribution >= 0.6 is 0 Å². The van der Waals surface area contributed by atoms with Crippen molar-refractivity contribution in [1.82, 2.24) is 0 Å². The number of benzene rings is 4. The molecule has 8 aromatic rings. The summed E-state index contributed by atoms with van der Waals surface area (Å²) in [5.74, 6) is 3.15. The molecule has 63 heavy (non-hydrogen) atoms. The predicted octanol–water partition coefficient (Wildman–Crippen LogP) is 8.60. The standard InChI is InChI=1S/C55H54N4O4/c1-42-6-10-48(11-7-42)55(49-12-8-43(2)9-13-49)50-38-53-41-54(39-50)63-37-33-59-28-20-47(21-29-59)45-16-24-57(25-17-45)31-35-61-52-5-3-4-51(40-52)60-34-30-56-22-14-44(15-23-56)46-18-26-58(27-19-46)32-36-62-53/h3-29,38-41,55H,30-37H2,1-2H3/q+4. The van der Waals surface area contributed by atoms with Gasteiger partial charge in [-0.15, -0.1) is 0 Å². The lowest BCUT2D eigenvalue weighted by atomic mass is 9.84. The summed E-state index contributed by atoms with van der Waals surface area (Å²) in [4.78, 5) is 0. The Morgan fingerprint density at radius 1 is 0.333 bits per heavy atom. The Bertz CT molecular complexity index is 2540. The molecule has 0 saturated carbocycles. The van der Waals surface area contributed by atoms with Crippen molar-refractivity contribution in [2.45, 2.75) is 45.9 Å². The molecule has 8 heteroatoms. The van der Waals surface area contributed by atoms with Gasteiger partial charge in [0.25, 0.3) is 0 Å². The fourth-order valence-corrected chi connectivity index (χ4v) is 7.95. The zero-order chi connectivity index (χ0) is 42.8. The van der Waals surface area contributed by atoms with Gasteiger partial charge >= 0.3 is 0 Å². The molecule has 0 aliphatic carbocycles. The summed E-state index contributed by atoms with van der Waals surface area (Å²) in [5.41, 5.74) is 10.7. The topological polar surface area (TPSA) is 52.4 Å². The number of nitrogens with zero attached hydrogens (tertiary/aromatic N) is 4. The van der Waals surface area contributed by atoms with Gasteiger partial charge in [0, 0.05) is 66.6 Å². The first kappa shape index (κ1) is 41.1. The molecule has 11 heterocycles. The Morgan fingerprint density at radius 3 is 0.968 bits per heavy atom. The maximum atomic E-state index is 6.56. The summed E-state index contributed by atoms with van der Waals surface area (Å²) in [5, 5.41) is 0. The second-order valence-electron chi connectivity index (χ2n) is 16.2. The minimum Gasteiger partial charge on any atom is -0.487 e. The first-order chi connectivity index (χ1) is 31.0. The summed E-state index contributed by atoms with van der Waals surface area (Å²) in [7, 11) is 0. The smallest absolute Gasteiger partial charge is 0.182 e. The molecule has 0 atom stereocenters. The van der Waals surface area contributed by atoms with E-state index in [4.69, 9.17) is 18.9 Å². The van der Waals surface area contributed by atoms with Crippen molar-refractivity contribution < 1.29 is 37.2 Å². The van der Waals surface area contributed by atoms with E-state index in [0.29, 0.717) is 39.5 Å². The molecule has 4 aromatic heterocycles. The average Bonchev–Trinajstić information content (AvgIpc) is 3.31. The van der Waals surface area contributed by atoms with Crippen molar-refractivity contribution in [3.63, 3.8) is 0 Å². The first-order valence-electron chi connectivity index (χ1n) is 21.8. The molecule has 0 unspecified atom stereocenters. The maximum Gasteiger partial charge on any atom is 0.182 e. The fourth-order valence-electron chi connectivity index (χ4n) is 7.95. The number of hydrogen-bond acceptors (Lipinski definition) is 4. The molecule has 0 fully saturated rings. The molecule has 8 nitrogen and oxygen atoms in total. The normalized spacial score (nSPS) is 13.4. The van der Waals surface area contributed by atoms with Gasteiger partial charge in [0.05, 0.1) is 0 Å². The molecule has 0 amide bonds. The summed E-state index contributed by atoms with van der Waals surface area (Å²) in [6.07, 6.45) is 16.9. The van der Waals surface area contributed by atoms with Gasteiger partial charge in [-0.3, -0.25) is 0 Å². The van der Waals surface area contributed by atoms with E-state index in [-0.39, 0.29) is 5.92 Å². The molecule has 0 saturated heterocycles. The van der Waals surface area contributed by atoms with Crippen LogP contribution in [0.25, 0.3) is 22.3 Å². The van der Waals surface area contributed by atoms with Gasteiger partial charge < -0.3 is 18.9 Å². The molecule has 314 valence electrons. The highest BCUT2D eigenvalue weighted by molar-refractivity contribution is 5.61. The zero-order valence-corrected chi connectivity index (χ0v) is 36.1. The highest BCUT2D eigenvalue weighted by atomic mass is 16.5. The van der Waals surface area contributed by atoms with Gasteiger partial charge in [-0.2, -0.15) is 0 Å². The van der Waals surface area contributed by atoms with Gasteiger partial charge in [-0.1, -0.05) is 65.7 Å². The van der Waals surface area contributed by atoms with Crippen molar-refractivity contribution in [2.75, 3.05) is 26.4 Å². The van der Waals surface area contributed by atoms with E-state index in [1.165, 1.54) is 22.3 Å². The van der Waals surface area contributed by atoms with Crippen LogP contribution in [0, 0.1) is 13.8 Å². The summed E-state index contributed by atoms with van der Waals surface area (Å²) in [6, 6.07) is 49.2. The Morgan fingerprint density at radius 2 is 0.635 bits per heavy atom. The summed E-state index contributed by atoms with van der Waals surface area (Å²) in [6.45, 7) is 9.19. The molecule has 15 rings (SSSR count). The number of rotatable bonds is 3. The molecule has 0 N–H and O–H groups in total. The van der Waals surface area contributed by atoms with E-state index in [0.717, 1.165) is 63.9 Å². The van der Waals surface area contributed by atoms with Crippen LogP contribution in [0.1, 0.15) is 33.7 Å². The quantitative estimate of drug-likeness (QED) is 0.132. The molecule has 0 radical (unpaired) electrons. The van der Waals surface area contributed by atoms with Crippen molar-refractivity contribution in [3.05, 3.63) is 217 Å². The van der Waals surface area contributed by atoms with Crippen molar-refractivity contribution >= 4 is 0 Å². The largest absolute Gasteiger partial charge is 0.487 e. The predicted molar refractivity (Wildman–Crippen MR) is 243 cm³/mol. The number of aromatic nitrogens is 4. The van der Waals surface area contributed by atoms with Gasteiger partial charge in [0.1, 0.15) is 49.4 Å². The van der Waals surface area contributed by atoms with Crippen LogP contribution in [0.4, 0.5) is 0 Å². The number of pyridine rings is 4. The molecule has 7 aliphatic rings. The van der Waals surface area contributed by atoms with Crippen LogP contribution in [-0.4, -0.2) is 26.4 Å². The van der Waals surface area contributed by atoms with Crippen molar-refractivity contribution in [1.29, 1.82) is 0 Å². The number of ether oxygens (including phenoxy) is 4. The summed E-state index contributed by atoms with van der Waals surface area (Å²) < 4.78 is 34.0. The third-order valence-electron chi connectivity index (χ3n) is 11.6. The lowest BCUT2D eigenvalue weighted by Gasteiger charge is -2.21. The Hall–Kier alpha value is -7.32. The zero-order valence-electron chi connectivity index (χ0n) is 36.1. The summed E-state index contributed by atoms with van der Waals surface area (Å²) >= 11 is 0. The molecular weight excluding hydrogens is 781 g/mol. The van der Waals surface area contributed by atoms with Crippen LogP contribution in [-0.2, 0) is 26.2 Å². The van der Waals surface area contributed by atoms with Gasteiger partial charge in [0.15, 0.2) is 75.8 Å². The number of aryl methyl sites for hydroxylation is 2. The van der Waals surface area contributed by atoms with Crippen LogP contribution in [0.3, 0.4) is 0 Å². The van der Waals surface area contributed by atoms with Crippen molar-refractivity contribution in [2.24, 2.45) is 0 Å². The van der Waals surface area contributed by atoms with Crippen LogP contribution in [0.5, 0.6) is 23.0 Å². The van der Waals surface area contributed by atoms with E-state index in [1.807, 2.05) is 30.3 Å². The van der Waals surface area contributed by atoms with E-state index in [1.54, 1.807) is 0 Å². The van der Waals surface area contributed by atoms with Gasteiger partial charge in [-0.25, -0.2) is 18.3 Å². The average molecular weight is 835 g/mol. The Kier molecular flexibility index (Phi) is 12.8. The van der Waals surface area contributed by atoms with Crippen LogP contribution in [0.15, 0.2) is 189 Å². The second kappa shape index (κ2) is 19.6. The lowest BCUT2D eigenvalue weighted by Crippen LogP contribution is -2.36. The first-order valence-corrected chi connectivity index (χ1v) is 21.8. The molecule has 12 bridgehead atoms. The monoisotopic (exact) mass is 834 g/mol. The lowest BCUT2D eigenvalue weighted by molar-refractivity contribution is -0.697. The van der Waals surface area contributed by atoms with Gasteiger partial charge in [0.2, 0.25) is 0 Å². The third-order valence-corrected chi connectivity index (χ3v) is 11.6. The van der Waals surface area contributed by atoms with E-state index in [9.17, 15) is 0 Å². The fraction of sp³-hybridized carbons (Fsp3) is 0.200. The van der Waals surface area contributed by atoms with Crippen LogP contribution < -0.4 is 37.2 Å². The highest BCUT2D eigenvalue weighted by Gasteiger charge is 2.20. The second-order valence-corrected chi connectivity index (χ2v) is 16.2. The molecule has 0 spiro atoms. The van der Waals surface area contributed by atoms with E-state index >= 15 is 0 Å². The minimum atomic E-state index is 0.000730. The molecule has 7 aliphatic heterocycles. The minimum absolute atomic E-state index is 0.000730. The molecular formula is C55H54N4O4+4. The van der Waals surface area contributed by atoms with E-state index < -0.39 is 0 Å². The Labute approximate surface area is 370 Å². The molecule has 4 aromatic carbocycles. The SMILES string of the molecule is Cc1ccc(C(c2ccc(C)cc2)c2cc3cc(c2)OCC[n+]2ccc(cc2)-c2cc[n+](cc2)CCOc2cccc(c2)OCC[n+]2ccc(cc2)-c2cc[n+](cc2)CCO3)cc1. The highest BCUT2D eigenvalue weighted by Crippen LogP contribution is 2.37. The number of hydrogen-bond donors (Lipinski definition) is 0. The van der Waals surface area contributed by atoms with E-state index in [2.05, 4.69) is 191 Å². The van der Waals surface area contributed by atoms with Crippen LogP contribution in [0.2, 0.25) is 0 Å². The Balaban J connectivity index is 0.973. The van der Waals surface area contributed by atoms with Crippen molar-refractivity contribution in [3.8, 4) is 45.3 Å². The maximum absolute atomic E-state index is 6.56. The van der Waals surface area contributed by atoms with Gasteiger partial charge in [-0.05, 0) is 77.1 Å². The third kappa shape index (κ3) is 10.8.